The zero-order valence-electron chi connectivity index (χ0n) is 23.4. The van der Waals surface area contributed by atoms with Crippen molar-refractivity contribution < 1.29 is 23.5 Å². The van der Waals surface area contributed by atoms with E-state index < -0.39 is 0 Å². The first-order valence-corrected chi connectivity index (χ1v) is 15.4. The standard InChI is InChI=1S/C31H34N4O5S/c1-37-25-12-18(30(36)35-16-20-5-6-21(17-35)39-20)13-26(38-2)28(25)41-33-29-23-15-31(8-9-31)24-7-4-19(34-10-3-11-34)14-22(24)27(23)40-32-29/h4,7,12-14,20-21H,3,5-6,8-11,15-17H2,1-2H3,(H,32,33). The van der Waals surface area contributed by atoms with Crippen LogP contribution in [0.2, 0.25) is 0 Å². The van der Waals surface area contributed by atoms with Crippen molar-refractivity contribution in [3.63, 3.8) is 0 Å². The predicted molar refractivity (Wildman–Crippen MR) is 156 cm³/mol. The van der Waals surface area contributed by atoms with E-state index in [-0.39, 0.29) is 23.5 Å². The molecular weight excluding hydrogens is 540 g/mol. The number of methoxy groups -OCH3 is 2. The molecule has 1 aromatic heterocycles. The van der Waals surface area contributed by atoms with Crippen LogP contribution in [0.25, 0.3) is 11.3 Å². The number of fused-ring (bicyclic) bond motifs is 6. The van der Waals surface area contributed by atoms with Crippen LogP contribution in [0, 0.1) is 0 Å². The molecule has 10 heteroatoms. The molecule has 3 aromatic rings. The van der Waals surface area contributed by atoms with Crippen LogP contribution in [0.15, 0.2) is 39.8 Å². The molecule has 5 aliphatic rings. The molecule has 4 fully saturated rings. The van der Waals surface area contributed by atoms with E-state index in [0.29, 0.717) is 30.2 Å². The summed E-state index contributed by atoms with van der Waals surface area (Å²) < 4.78 is 26.9. The van der Waals surface area contributed by atoms with Gasteiger partial charge in [-0.1, -0.05) is 11.2 Å². The van der Waals surface area contributed by atoms with E-state index in [9.17, 15) is 4.79 Å². The average Bonchev–Trinajstić information content (AvgIpc) is 3.49. The fourth-order valence-corrected chi connectivity index (χ4v) is 7.76. The molecule has 0 radical (unpaired) electrons. The molecule has 2 aromatic carbocycles. The number of aromatic nitrogens is 1. The maximum atomic E-state index is 13.4. The van der Waals surface area contributed by atoms with Gasteiger partial charge in [0.2, 0.25) is 0 Å². The zero-order chi connectivity index (χ0) is 27.7. The smallest absolute Gasteiger partial charge is 0.254 e. The Bertz CT molecular complexity index is 1490. The number of carbonyl (C=O) groups excluding carboxylic acids is 1. The summed E-state index contributed by atoms with van der Waals surface area (Å²) >= 11 is 1.37. The maximum absolute atomic E-state index is 13.4. The molecule has 3 aliphatic heterocycles. The van der Waals surface area contributed by atoms with Crippen LogP contribution in [0.5, 0.6) is 11.5 Å². The molecule has 8 rings (SSSR count). The lowest BCUT2D eigenvalue weighted by Gasteiger charge is -2.34. The van der Waals surface area contributed by atoms with Gasteiger partial charge in [0.05, 0.1) is 26.4 Å². The molecule has 1 N–H and O–H groups in total. The Kier molecular flexibility index (Phi) is 5.93. The van der Waals surface area contributed by atoms with Crippen LogP contribution in [-0.4, -0.2) is 68.6 Å². The zero-order valence-corrected chi connectivity index (χ0v) is 24.2. The fraction of sp³-hybridized carbons (Fsp3) is 0.484. The molecule has 2 aliphatic carbocycles. The van der Waals surface area contributed by atoms with E-state index in [0.717, 1.165) is 54.4 Å². The fourth-order valence-electron chi connectivity index (χ4n) is 6.92. The van der Waals surface area contributed by atoms with E-state index in [4.69, 9.17) is 18.7 Å². The van der Waals surface area contributed by atoms with Gasteiger partial charge in [-0.3, -0.25) is 4.79 Å². The van der Waals surface area contributed by atoms with E-state index in [1.807, 2.05) is 4.90 Å². The van der Waals surface area contributed by atoms with Gasteiger partial charge in [0.25, 0.3) is 5.91 Å². The van der Waals surface area contributed by atoms with E-state index in [1.54, 1.807) is 26.4 Å². The average molecular weight is 575 g/mol. The summed E-state index contributed by atoms with van der Waals surface area (Å²) in [6.07, 6.45) is 6.82. The summed E-state index contributed by atoms with van der Waals surface area (Å²) in [5.41, 5.74) is 5.67. The van der Waals surface area contributed by atoms with Gasteiger partial charge in [-0.05, 0) is 80.3 Å². The highest BCUT2D eigenvalue weighted by Crippen LogP contribution is 2.59. The molecule has 2 atom stereocenters. The number of hydrogen-bond donors (Lipinski definition) is 1. The van der Waals surface area contributed by atoms with Crippen molar-refractivity contribution >= 4 is 29.4 Å². The molecule has 1 amide bonds. The van der Waals surface area contributed by atoms with Crippen molar-refractivity contribution in [3.05, 3.63) is 47.0 Å². The van der Waals surface area contributed by atoms with Gasteiger partial charge < -0.3 is 33.3 Å². The van der Waals surface area contributed by atoms with E-state index in [1.165, 1.54) is 48.0 Å². The van der Waals surface area contributed by atoms with Crippen molar-refractivity contribution in [3.8, 4) is 22.8 Å². The molecule has 41 heavy (non-hydrogen) atoms. The van der Waals surface area contributed by atoms with Crippen LogP contribution in [-0.2, 0) is 16.6 Å². The van der Waals surface area contributed by atoms with Crippen molar-refractivity contribution in [2.24, 2.45) is 0 Å². The molecule has 2 bridgehead atoms. The van der Waals surface area contributed by atoms with Gasteiger partial charge >= 0.3 is 0 Å². The number of morpholine rings is 1. The van der Waals surface area contributed by atoms with Crippen LogP contribution in [0.4, 0.5) is 11.5 Å². The lowest BCUT2D eigenvalue weighted by molar-refractivity contribution is -0.0303. The van der Waals surface area contributed by atoms with Gasteiger partial charge in [0, 0.05) is 54.0 Å². The Morgan fingerprint density at radius 3 is 2.44 bits per heavy atom. The normalized spacial score (nSPS) is 23.1. The van der Waals surface area contributed by atoms with Crippen LogP contribution >= 0.6 is 11.9 Å². The summed E-state index contributed by atoms with van der Waals surface area (Å²) in [5.74, 6) is 2.71. The molecular formula is C31H34N4O5S. The SMILES string of the molecule is COc1cc(C(=O)N2CC3CCC(C2)O3)cc(OC)c1SNc1noc2c1CC1(CC1)c1ccc(N3CCC3)cc1-2. The number of nitrogens with zero attached hydrogens (tertiary/aromatic N) is 3. The maximum Gasteiger partial charge on any atom is 0.254 e. The second kappa shape index (κ2) is 9.59. The van der Waals surface area contributed by atoms with Gasteiger partial charge in [-0.25, -0.2) is 0 Å². The third kappa shape index (κ3) is 4.17. The molecule has 214 valence electrons. The summed E-state index contributed by atoms with van der Waals surface area (Å²) in [5, 5.41) is 4.48. The molecule has 3 saturated heterocycles. The third-order valence-corrected chi connectivity index (χ3v) is 10.4. The lowest BCUT2D eigenvalue weighted by Crippen LogP contribution is -2.45. The minimum absolute atomic E-state index is 0.0251. The minimum Gasteiger partial charge on any atom is -0.495 e. The number of carbonyl (C=O) groups is 1. The molecule has 1 spiro atoms. The number of hydrogen-bond acceptors (Lipinski definition) is 9. The largest absolute Gasteiger partial charge is 0.495 e. The first-order chi connectivity index (χ1) is 20.0. The number of likely N-dealkylation sites (tertiary alicyclic amines) is 1. The van der Waals surface area contributed by atoms with Crippen LogP contribution in [0.3, 0.4) is 0 Å². The van der Waals surface area contributed by atoms with Crippen molar-refractivity contribution in [1.82, 2.24) is 10.1 Å². The Morgan fingerprint density at radius 2 is 1.80 bits per heavy atom. The Hall–Kier alpha value is -3.37. The second-order valence-corrected chi connectivity index (χ2v) is 12.8. The van der Waals surface area contributed by atoms with Crippen LogP contribution < -0.4 is 19.1 Å². The molecule has 9 nitrogen and oxygen atoms in total. The second-order valence-electron chi connectivity index (χ2n) is 11.9. The molecule has 2 unspecified atom stereocenters. The number of nitrogens with one attached hydrogen (secondary N) is 1. The summed E-state index contributed by atoms with van der Waals surface area (Å²) in [7, 11) is 3.23. The highest BCUT2D eigenvalue weighted by Gasteiger charge is 2.50. The van der Waals surface area contributed by atoms with Crippen molar-refractivity contribution in [2.45, 2.75) is 61.0 Å². The lowest BCUT2D eigenvalue weighted by atomic mass is 9.79. The first kappa shape index (κ1) is 25.3. The van der Waals surface area contributed by atoms with Crippen LogP contribution in [0.1, 0.15) is 53.6 Å². The van der Waals surface area contributed by atoms with E-state index >= 15 is 0 Å². The minimum atomic E-state index is -0.0251. The van der Waals surface area contributed by atoms with Crippen molar-refractivity contribution in [1.29, 1.82) is 0 Å². The molecule has 1 saturated carbocycles. The number of benzene rings is 2. The Labute approximate surface area is 243 Å². The predicted octanol–water partition coefficient (Wildman–Crippen LogP) is 5.28. The van der Waals surface area contributed by atoms with Gasteiger partial charge in [0.15, 0.2) is 11.6 Å². The summed E-state index contributed by atoms with van der Waals surface area (Å²) in [4.78, 5) is 18.5. The highest BCUT2D eigenvalue weighted by atomic mass is 32.2. The van der Waals surface area contributed by atoms with Gasteiger partial charge in [-0.2, -0.15) is 0 Å². The summed E-state index contributed by atoms with van der Waals surface area (Å²) in [6, 6.07) is 10.5. The number of rotatable bonds is 7. The quantitative estimate of drug-likeness (QED) is 0.379. The number of anilines is 2. The first-order valence-electron chi connectivity index (χ1n) is 14.6. The summed E-state index contributed by atoms with van der Waals surface area (Å²) in [6.45, 7) is 3.47. The van der Waals surface area contributed by atoms with Gasteiger partial charge in [-0.15, -0.1) is 0 Å². The van der Waals surface area contributed by atoms with E-state index in [2.05, 4.69) is 33.0 Å². The topological polar surface area (TPSA) is 89.3 Å². The highest BCUT2D eigenvalue weighted by molar-refractivity contribution is 8.00. The number of ether oxygens (including phenoxy) is 3. The Balaban J connectivity index is 1.06. The Morgan fingerprint density at radius 1 is 1.07 bits per heavy atom. The third-order valence-electron chi connectivity index (χ3n) is 9.49. The molecule has 4 heterocycles. The van der Waals surface area contributed by atoms with Crippen molar-refractivity contribution in [2.75, 3.05) is 50.0 Å². The monoisotopic (exact) mass is 574 g/mol. The number of amides is 1. The van der Waals surface area contributed by atoms with Gasteiger partial charge in [0.1, 0.15) is 16.4 Å².